The highest BCUT2D eigenvalue weighted by Crippen LogP contribution is 2.17. The van der Waals surface area contributed by atoms with E-state index in [0.29, 0.717) is 11.4 Å². The Morgan fingerprint density at radius 2 is 1.83 bits per heavy atom. The van der Waals surface area contributed by atoms with Gasteiger partial charge in [-0.25, -0.2) is 4.98 Å². The number of aromatic nitrogens is 1. The quantitative estimate of drug-likeness (QED) is 0.814. The zero-order valence-corrected chi connectivity index (χ0v) is 13.6. The molecule has 0 aliphatic carbocycles. The number of pyridine rings is 1. The van der Waals surface area contributed by atoms with Gasteiger partial charge in [-0.3, -0.25) is 4.72 Å². The fourth-order valence-electron chi connectivity index (χ4n) is 1.92. The largest absolute Gasteiger partial charge is 0.385 e. The Balaban J connectivity index is 2.14. The topological polar surface area (TPSA) is 94.9 Å². The molecule has 7 heteroatoms. The van der Waals surface area contributed by atoms with E-state index in [1.54, 1.807) is 24.3 Å². The SMILES string of the molecule is CCCNc1ccc(NS(=O)(=O)c2cccc(CC#N)n2)cc1. The van der Waals surface area contributed by atoms with Gasteiger partial charge in [-0.2, -0.15) is 13.7 Å². The van der Waals surface area contributed by atoms with Gasteiger partial charge >= 0.3 is 0 Å². The van der Waals surface area contributed by atoms with Crippen molar-refractivity contribution >= 4 is 21.4 Å². The van der Waals surface area contributed by atoms with Crippen LogP contribution in [0.4, 0.5) is 11.4 Å². The summed E-state index contributed by atoms with van der Waals surface area (Å²) >= 11 is 0. The van der Waals surface area contributed by atoms with Crippen molar-refractivity contribution in [3.63, 3.8) is 0 Å². The molecule has 0 aliphatic rings. The highest BCUT2D eigenvalue weighted by Gasteiger charge is 2.16. The van der Waals surface area contributed by atoms with E-state index in [-0.39, 0.29) is 11.4 Å². The van der Waals surface area contributed by atoms with E-state index in [4.69, 9.17) is 5.26 Å². The van der Waals surface area contributed by atoms with Crippen LogP contribution in [0.5, 0.6) is 0 Å². The van der Waals surface area contributed by atoms with E-state index < -0.39 is 10.0 Å². The number of hydrogen-bond donors (Lipinski definition) is 2. The first-order valence-corrected chi connectivity index (χ1v) is 8.73. The number of rotatable bonds is 7. The Morgan fingerprint density at radius 1 is 1.13 bits per heavy atom. The average molecular weight is 330 g/mol. The molecular formula is C16H18N4O2S. The van der Waals surface area contributed by atoms with Gasteiger partial charge in [0.1, 0.15) is 0 Å². The van der Waals surface area contributed by atoms with Crippen LogP contribution in [-0.4, -0.2) is 19.9 Å². The Morgan fingerprint density at radius 3 is 2.48 bits per heavy atom. The van der Waals surface area contributed by atoms with Crippen molar-refractivity contribution in [3.05, 3.63) is 48.2 Å². The summed E-state index contributed by atoms with van der Waals surface area (Å²) in [6.07, 6.45) is 1.08. The highest BCUT2D eigenvalue weighted by atomic mass is 32.2. The maximum atomic E-state index is 12.3. The zero-order valence-electron chi connectivity index (χ0n) is 12.8. The summed E-state index contributed by atoms with van der Waals surface area (Å²) in [4.78, 5) is 4.00. The number of hydrogen-bond acceptors (Lipinski definition) is 5. The van der Waals surface area contributed by atoms with Crippen LogP contribution in [0.2, 0.25) is 0 Å². The third kappa shape index (κ3) is 4.69. The molecule has 1 aromatic heterocycles. The number of nitrogens with zero attached hydrogens (tertiary/aromatic N) is 2. The van der Waals surface area contributed by atoms with Crippen molar-refractivity contribution in [1.82, 2.24) is 4.98 Å². The molecule has 2 aromatic rings. The van der Waals surface area contributed by atoms with Crippen LogP contribution >= 0.6 is 0 Å². The van der Waals surface area contributed by atoms with E-state index >= 15 is 0 Å². The van der Waals surface area contributed by atoms with E-state index in [1.165, 1.54) is 6.07 Å². The molecule has 2 rings (SSSR count). The molecule has 0 amide bonds. The lowest BCUT2D eigenvalue weighted by Gasteiger charge is -2.09. The molecular weight excluding hydrogens is 312 g/mol. The number of nitrogens with one attached hydrogen (secondary N) is 2. The first-order valence-electron chi connectivity index (χ1n) is 7.25. The molecule has 0 aliphatic heterocycles. The lowest BCUT2D eigenvalue weighted by molar-refractivity contribution is 0.597. The zero-order chi connectivity index (χ0) is 16.7. The number of benzene rings is 1. The molecule has 0 fully saturated rings. The van der Waals surface area contributed by atoms with Gasteiger partial charge in [-0.1, -0.05) is 13.0 Å². The predicted octanol–water partition coefficient (Wildman–Crippen LogP) is 2.77. The van der Waals surface area contributed by atoms with Gasteiger partial charge in [0.2, 0.25) is 0 Å². The number of nitriles is 1. The fraction of sp³-hybridized carbons (Fsp3) is 0.250. The van der Waals surface area contributed by atoms with Gasteiger partial charge < -0.3 is 5.32 Å². The summed E-state index contributed by atoms with van der Waals surface area (Å²) in [5.74, 6) is 0. The minimum atomic E-state index is -3.77. The lowest BCUT2D eigenvalue weighted by atomic mass is 10.3. The smallest absolute Gasteiger partial charge is 0.279 e. The molecule has 0 radical (unpaired) electrons. The molecule has 0 unspecified atom stereocenters. The van der Waals surface area contributed by atoms with Crippen LogP contribution < -0.4 is 10.0 Å². The Hall–Kier alpha value is -2.59. The molecule has 0 atom stereocenters. The van der Waals surface area contributed by atoms with Crippen molar-refractivity contribution in [3.8, 4) is 6.07 Å². The number of sulfonamides is 1. The van der Waals surface area contributed by atoms with Crippen LogP contribution in [-0.2, 0) is 16.4 Å². The maximum Gasteiger partial charge on any atom is 0.279 e. The highest BCUT2D eigenvalue weighted by molar-refractivity contribution is 7.92. The minimum absolute atomic E-state index is 0.0706. The fourth-order valence-corrected chi connectivity index (χ4v) is 2.97. The molecule has 0 saturated carbocycles. The van der Waals surface area contributed by atoms with Gasteiger partial charge in [-0.05, 0) is 42.8 Å². The molecule has 1 aromatic carbocycles. The van der Waals surface area contributed by atoms with Gasteiger partial charge in [-0.15, -0.1) is 0 Å². The molecule has 0 spiro atoms. The van der Waals surface area contributed by atoms with E-state index in [1.807, 2.05) is 18.2 Å². The van der Waals surface area contributed by atoms with E-state index in [9.17, 15) is 8.42 Å². The van der Waals surface area contributed by atoms with Crippen LogP contribution in [0.1, 0.15) is 19.0 Å². The summed E-state index contributed by atoms with van der Waals surface area (Å²) in [5.41, 5.74) is 1.82. The summed E-state index contributed by atoms with van der Waals surface area (Å²) in [7, 11) is -3.77. The monoisotopic (exact) mass is 330 g/mol. The summed E-state index contributed by atoms with van der Waals surface area (Å²) < 4.78 is 27.2. The van der Waals surface area contributed by atoms with Crippen molar-refractivity contribution in [2.24, 2.45) is 0 Å². The molecule has 0 bridgehead atoms. The predicted molar refractivity (Wildman–Crippen MR) is 89.6 cm³/mol. The van der Waals surface area contributed by atoms with Crippen LogP contribution in [0.3, 0.4) is 0 Å². The normalized spacial score (nSPS) is 10.8. The molecule has 0 saturated heterocycles. The second kappa shape index (κ2) is 7.61. The molecule has 1 heterocycles. The van der Waals surface area contributed by atoms with Crippen molar-refractivity contribution < 1.29 is 8.42 Å². The van der Waals surface area contributed by atoms with Gasteiger partial charge in [0.05, 0.1) is 18.2 Å². The minimum Gasteiger partial charge on any atom is -0.385 e. The van der Waals surface area contributed by atoms with E-state index in [2.05, 4.69) is 21.9 Å². The maximum absolute atomic E-state index is 12.3. The van der Waals surface area contributed by atoms with Crippen molar-refractivity contribution in [1.29, 1.82) is 5.26 Å². The van der Waals surface area contributed by atoms with Crippen molar-refractivity contribution in [2.75, 3.05) is 16.6 Å². The third-order valence-corrected chi connectivity index (χ3v) is 4.32. The second-order valence-corrected chi connectivity index (χ2v) is 6.54. The molecule has 120 valence electrons. The van der Waals surface area contributed by atoms with Gasteiger partial charge in [0.25, 0.3) is 10.0 Å². The first kappa shape index (κ1) is 16.8. The Labute approximate surface area is 136 Å². The van der Waals surface area contributed by atoms with Gasteiger partial charge in [0.15, 0.2) is 5.03 Å². The standard InChI is InChI=1S/C16H18N4O2S/c1-2-12-18-13-6-8-15(9-7-13)20-23(21,22)16-5-3-4-14(19-16)10-11-17/h3-9,18,20H,2,10,12H2,1H3. The molecule has 6 nitrogen and oxygen atoms in total. The summed E-state index contributed by atoms with van der Waals surface area (Å²) in [5, 5.41) is 11.8. The Kier molecular flexibility index (Phi) is 5.55. The van der Waals surface area contributed by atoms with Gasteiger partial charge in [0, 0.05) is 17.9 Å². The second-order valence-electron chi connectivity index (χ2n) is 4.91. The lowest BCUT2D eigenvalue weighted by Crippen LogP contribution is -2.15. The summed E-state index contributed by atoms with van der Waals surface area (Å²) in [6.45, 7) is 2.93. The Bertz CT molecular complexity index is 796. The third-order valence-electron chi connectivity index (χ3n) is 3.03. The van der Waals surface area contributed by atoms with Crippen LogP contribution in [0, 0.1) is 11.3 Å². The molecule has 23 heavy (non-hydrogen) atoms. The number of anilines is 2. The summed E-state index contributed by atoms with van der Waals surface area (Å²) in [6, 6.07) is 13.6. The van der Waals surface area contributed by atoms with Crippen LogP contribution in [0.25, 0.3) is 0 Å². The van der Waals surface area contributed by atoms with E-state index in [0.717, 1.165) is 18.7 Å². The first-order chi connectivity index (χ1) is 11.0. The van der Waals surface area contributed by atoms with Crippen molar-refractivity contribution in [2.45, 2.75) is 24.8 Å². The molecule has 2 N–H and O–H groups in total. The average Bonchev–Trinajstić information content (AvgIpc) is 2.54. The van der Waals surface area contributed by atoms with Crippen LogP contribution in [0.15, 0.2) is 47.5 Å².